The van der Waals surface area contributed by atoms with Crippen LogP contribution in [0.1, 0.15) is 24.5 Å². The van der Waals surface area contributed by atoms with E-state index in [1.165, 1.54) is 12.8 Å². The smallest absolute Gasteiger partial charge is 0.174 e. The lowest BCUT2D eigenvalue weighted by atomic mass is 9.70. The molecule has 8 nitrogen and oxygen atoms in total. The molecule has 2 atom stereocenters. The Labute approximate surface area is 91.2 Å². The average Bonchev–Trinajstić information content (AvgIpc) is 2.94. The van der Waals surface area contributed by atoms with Crippen molar-refractivity contribution in [3.63, 3.8) is 0 Å². The third-order valence-electron chi connectivity index (χ3n) is 3.24. The SMILES string of the molecule is C1CC(Cc2nn[nH]n2)C1Cc1nn[nH]n1. The molecule has 16 heavy (non-hydrogen) atoms. The summed E-state index contributed by atoms with van der Waals surface area (Å²) in [6.07, 6.45) is 4.21. The monoisotopic (exact) mass is 220 g/mol. The number of tetrazole rings is 2. The maximum Gasteiger partial charge on any atom is 0.174 e. The summed E-state index contributed by atoms with van der Waals surface area (Å²) in [6.45, 7) is 0. The quantitative estimate of drug-likeness (QED) is 0.720. The summed E-state index contributed by atoms with van der Waals surface area (Å²) < 4.78 is 0. The molecule has 0 saturated heterocycles. The summed E-state index contributed by atoms with van der Waals surface area (Å²) >= 11 is 0. The zero-order chi connectivity index (χ0) is 10.8. The zero-order valence-electron chi connectivity index (χ0n) is 8.67. The Morgan fingerprint density at radius 3 is 1.69 bits per heavy atom. The van der Waals surface area contributed by atoms with Crippen LogP contribution in [0.4, 0.5) is 0 Å². The normalized spacial score (nSPS) is 24.2. The molecule has 1 aliphatic carbocycles. The maximum atomic E-state index is 3.97. The van der Waals surface area contributed by atoms with E-state index in [2.05, 4.69) is 41.2 Å². The number of nitrogens with one attached hydrogen (secondary N) is 2. The second-order valence-electron chi connectivity index (χ2n) is 4.16. The summed E-state index contributed by atoms with van der Waals surface area (Å²) in [5, 5.41) is 28.0. The highest BCUT2D eigenvalue weighted by Crippen LogP contribution is 2.37. The average molecular weight is 220 g/mol. The molecule has 2 heterocycles. The van der Waals surface area contributed by atoms with Crippen LogP contribution < -0.4 is 0 Å². The molecule has 8 heteroatoms. The van der Waals surface area contributed by atoms with Gasteiger partial charge in [0.15, 0.2) is 11.6 Å². The van der Waals surface area contributed by atoms with Gasteiger partial charge < -0.3 is 0 Å². The predicted molar refractivity (Wildman–Crippen MR) is 52.0 cm³/mol. The van der Waals surface area contributed by atoms with Crippen molar-refractivity contribution in [3.05, 3.63) is 11.6 Å². The van der Waals surface area contributed by atoms with Gasteiger partial charge in [-0.3, -0.25) is 0 Å². The minimum atomic E-state index is 0.621. The largest absolute Gasteiger partial charge is 0.177 e. The van der Waals surface area contributed by atoms with Gasteiger partial charge >= 0.3 is 0 Å². The van der Waals surface area contributed by atoms with Gasteiger partial charge in [-0.15, -0.1) is 20.4 Å². The number of hydrogen-bond acceptors (Lipinski definition) is 6. The number of nitrogens with zero attached hydrogens (tertiary/aromatic N) is 6. The first kappa shape index (κ1) is 9.37. The molecule has 2 aromatic heterocycles. The van der Waals surface area contributed by atoms with Crippen LogP contribution >= 0.6 is 0 Å². The molecule has 0 aromatic carbocycles. The van der Waals surface area contributed by atoms with Crippen molar-refractivity contribution >= 4 is 0 Å². The van der Waals surface area contributed by atoms with Crippen molar-refractivity contribution < 1.29 is 0 Å². The van der Waals surface area contributed by atoms with E-state index in [0.29, 0.717) is 11.8 Å². The zero-order valence-corrected chi connectivity index (χ0v) is 8.67. The Kier molecular flexibility index (Phi) is 2.31. The molecule has 2 N–H and O–H groups in total. The standard InChI is InChI=1S/C8H12N8/c1-2-6(4-8-11-15-16-12-8)5(1)3-7-9-13-14-10-7/h5-6H,1-4H2,(H,9,10,13,14)(H,11,12,15,16). The van der Waals surface area contributed by atoms with Crippen molar-refractivity contribution in [2.24, 2.45) is 11.8 Å². The predicted octanol–water partition coefficient (Wildman–Crippen LogP) is -0.476. The van der Waals surface area contributed by atoms with Crippen molar-refractivity contribution in [1.29, 1.82) is 0 Å². The van der Waals surface area contributed by atoms with Crippen LogP contribution in [-0.2, 0) is 12.8 Å². The highest BCUT2D eigenvalue weighted by atomic mass is 15.5. The number of aromatic amines is 2. The highest BCUT2D eigenvalue weighted by molar-refractivity contribution is 4.93. The third-order valence-corrected chi connectivity index (χ3v) is 3.24. The first-order valence-electron chi connectivity index (χ1n) is 5.36. The van der Waals surface area contributed by atoms with Gasteiger partial charge in [0.1, 0.15) is 0 Å². The van der Waals surface area contributed by atoms with Crippen LogP contribution in [0.2, 0.25) is 0 Å². The fourth-order valence-electron chi connectivity index (χ4n) is 2.18. The topological polar surface area (TPSA) is 109 Å². The van der Waals surface area contributed by atoms with Gasteiger partial charge in [-0.1, -0.05) is 10.4 Å². The molecule has 0 aliphatic heterocycles. The summed E-state index contributed by atoms with van der Waals surface area (Å²) in [5.41, 5.74) is 0. The van der Waals surface area contributed by atoms with E-state index >= 15 is 0 Å². The molecule has 84 valence electrons. The molecule has 0 spiro atoms. The molecule has 1 saturated carbocycles. The van der Waals surface area contributed by atoms with E-state index in [-0.39, 0.29) is 0 Å². The first-order chi connectivity index (χ1) is 7.92. The van der Waals surface area contributed by atoms with E-state index in [1.54, 1.807) is 0 Å². The minimum absolute atomic E-state index is 0.621. The number of hydrogen-bond donors (Lipinski definition) is 2. The Bertz CT molecular complexity index is 379. The molecule has 3 rings (SSSR count). The van der Waals surface area contributed by atoms with Crippen LogP contribution in [0.25, 0.3) is 0 Å². The Morgan fingerprint density at radius 2 is 1.38 bits per heavy atom. The lowest BCUT2D eigenvalue weighted by Gasteiger charge is -2.35. The van der Waals surface area contributed by atoms with Crippen LogP contribution in [0.5, 0.6) is 0 Å². The van der Waals surface area contributed by atoms with E-state index in [1.807, 2.05) is 0 Å². The molecule has 1 aliphatic rings. The molecule has 0 amide bonds. The van der Waals surface area contributed by atoms with Gasteiger partial charge in [0, 0.05) is 12.8 Å². The van der Waals surface area contributed by atoms with E-state index in [9.17, 15) is 0 Å². The molecule has 2 aromatic rings. The maximum absolute atomic E-state index is 3.97. The van der Waals surface area contributed by atoms with E-state index < -0.39 is 0 Å². The number of aromatic nitrogens is 8. The van der Waals surface area contributed by atoms with Crippen LogP contribution in [0.15, 0.2) is 0 Å². The summed E-state index contributed by atoms with van der Waals surface area (Å²) in [6, 6.07) is 0. The van der Waals surface area contributed by atoms with Gasteiger partial charge in [-0.2, -0.15) is 10.4 Å². The molecule has 2 unspecified atom stereocenters. The second-order valence-corrected chi connectivity index (χ2v) is 4.16. The lowest BCUT2D eigenvalue weighted by Crippen LogP contribution is -2.30. The molecule has 1 fully saturated rings. The fraction of sp³-hybridized carbons (Fsp3) is 0.750. The lowest BCUT2D eigenvalue weighted by molar-refractivity contribution is 0.169. The van der Waals surface area contributed by atoms with E-state index in [4.69, 9.17) is 0 Å². The van der Waals surface area contributed by atoms with Crippen LogP contribution in [0.3, 0.4) is 0 Å². The van der Waals surface area contributed by atoms with Gasteiger partial charge in [-0.05, 0) is 24.7 Å². The summed E-state index contributed by atoms with van der Waals surface area (Å²) in [5.74, 6) is 2.83. The first-order valence-corrected chi connectivity index (χ1v) is 5.36. The summed E-state index contributed by atoms with van der Waals surface area (Å²) in [7, 11) is 0. The van der Waals surface area contributed by atoms with Crippen molar-refractivity contribution in [2.45, 2.75) is 25.7 Å². The summed E-state index contributed by atoms with van der Waals surface area (Å²) in [4.78, 5) is 0. The Balaban J connectivity index is 1.57. The van der Waals surface area contributed by atoms with Crippen LogP contribution in [-0.4, -0.2) is 41.2 Å². The highest BCUT2D eigenvalue weighted by Gasteiger charge is 2.32. The Morgan fingerprint density at radius 1 is 0.875 bits per heavy atom. The molecular weight excluding hydrogens is 208 g/mol. The van der Waals surface area contributed by atoms with Gasteiger partial charge in [0.05, 0.1) is 0 Å². The fourth-order valence-corrected chi connectivity index (χ4v) is 2.18. The van der Waals surface area contributed by atoms with Gasteiger partial charge in [-0.25, -0.2) is 0 Å². The molecular formula is C8H12N8. The van der Waals surface area contributed by atoms with Crippen molar-refractivity contribution in [2.75, 3.05) is 0 Å². The van der Waals surface area contributed by atoms with E-state index in [0.717, 1.165) is 24.5 Å². The molecule has 0 bridgehead atoms. The van der Waals surface area contributed by atoms with Crippen LogP contribution in [0, 0.1) is 11.8 Å². The van der Waals surface area contributed by atoms with Crippen molar-refractivity contribution in [1.82, 2.24) is 41.2 Å². The van der Waals surface area contributed by atoms with Gasteiger partial charge in [0.2, 0.25) is 0 Å². The number of H-pyrrole nitrogens is 2. The second kappa shape index (κ2) is 3.95. The van der Waals surface area contributed by atoms with Crippen molar-refractivity contribution in [3.8, 4) is 0 Å². The third kappa shape index (κ3) is 1.77. The molecule has 0 radical (unpaired) electrons. The number of rotatable bonds is 4. The minimum Gasteiger partial charge on any atom is -0.177 e. The Hall–Kier alpha value is -1.86. The van der Waals surface area contributed by atoms with Gasteiger partial charge in [0.25, 0.3) is 0 Å².